The summed E-state index contributed by atoms with van der Waals surface area (Å²) in [6, 6.07) is 30.5. The average Bonchev–Trinajstić information content (AvgIpc) is 3.07. The molecule has 0 aliphatic rings. The molecule has 0 bridgehead atoms. The van der Waals surface area contributed by atoms with Gasteiger partial charge in [-0.15, -0.1) is 0 Å². The highest BCUT2D eigenvalue weighted by Gasteiger charge is 2.29. The Bertz CT molecular complexity index is 1650. The van der Waals surface area contributed by atoms with Crippen LogP contribution in [-0.4, -0.2) is 41.3 Å². The molecule has 0 radical (unpaired) electrons. The minimum Gasteiger partial charge on any atom is -0.351 e. The molecule has 2 atom stereocenters. The maximum absolute atomic E-state index is 13.7. The number of hydrogen-bond acceptors (Lipinski definition) is 4. The van der Waals surface area contributed by atoms with E-state index in [1.165, 1.54) is 12.1 Å². The van der Waals surface area contributed by atoms with Crippen molar-refractivity contribution in [2.75, 3.05) is 0 Å². The molecule has 9 heteroatoms. The minimum atomic E-state index is -1.23. The molecule has 4 aromatic rings. The molecule has 0 saturated heterocycles. The van der Waals surface area contributed by atoms with E-state index in [1.807, 2.05) is 106 Å². The molecule has 0 spiro atoms. The lowest BCUT2D eigenvalue weighted by molar-refractivity contribution is -0.134. The molecule has 4 aromatic carbocycles. The van der Waals surface area contributed by atoms with Gasteiger partial charge in [-0.05, 0) is 67.1 Å². The van der Waals surface area contributed by atoms with Crippen molar-refractivity contribution >= 4 is 23.6 Å². The number of nitrogens with one attached hydrogen (secondary N) is 4. The first-order chi connectivity index (χ1) is 22.9. The number of halogens is 1. The maximum atomic E-state index is 13.7. The molecule has 4 N–H and O–H groups in total. The second-order valence-electron chi connectivity index (χ2n) is 12.8. The molecule has 0 saturated carbocycles. The topological polar surface area (TPSA) is 116 Å². The molecule has 4 amide bonds. The number of rotatable bonds is 14. The Kier molecular flexibility index (Phi) is 12.6. The lowest BCUT2D eigenvalue weighted by atomic mass is 10.0. The van der Waals surface area contributed by atoms with Crippen molar-refractivity contribution in [3.8, 4) is 11.1 Å². The SMILES string of the molecule is CC(C)(C)NC(=O)C[C@H](NC(=O)CCc1ccccc1)C(=O)NC(Cc1ccc(F)cc1)C(=O)NCc1ccc(-c2ccccc2)cc1. The van der Waals surface area contributed by atoms with Crippen molar-refractivity contribution < 1.29 is 23.6 Å². The van der Waals surface area contributed by atoms with Crippen LogP contribution in [0.2, 0.25) is 0 Å². The van der Waals surface area contributed by atoms with Gasteiger partial charge in [0.15, 0.2) is 0 Å². The lowest BCUT2D eigenvalue weighted by Crippen LogP contribution is -2.56. The molecule has 4 rings (SSSR count). The van der Waals surface area contributed by atoms with Gasteiger partial charge in [-0.25, -0.2) is 4.39 Å². The van der Waals surface area contributed by atoms with Crippen molar-refractivity contribution in [2.45, 2.75) is 70.6 Å². The van der Waals surface area contributed by atoms with Gasteiger partial charge in [0, 0.05) is 24.9 Å². The Hall–Kier alpha value is -5.31. The summed E-state index contributed by atoms with van der Waals surface area (Å²) in [7, 11) is 0. The van der Waals surface area contributed by atoms with Crippen LogP contribution >= 0.6 is 0 Å². The van der Waals surface area contributed by atoms with Crippen LogP contribution in [0, 0.1) is 5.82 Å². The first-order valence-electron chi connectivity index (χ1n) is 16.1. The van der Waals surface area contributed by atoms with Gasteiger partial charge in [0.25, 0.3) is 0 Å². The third-order valence-electron chi connectivity index (χ3n) is 7.55. The highest BCUT2D eigenvalue weighted by Crippen LogP contribution is 2.19. The summed E-state index contributed by atoms with van der Waals surface area (Å²) in [4.78, 5) is 53.1. The Labute approximate surface area is 281 Å². The second-order valence-corrected chi connectivity index (χ2v) is 12.8. The zero-order valence-electron chi connectivity index (χ0n) is 27.6. The fourth-order valence-electron chi connectivity index (χ4n) is 5.13. The van der Waals surface area contributed by atoms with Gasteiger partial charge >= 0.3 is 0 Å². The van der Waals surface area contributed by atoms with Crippen LogP contribution in [0.3, 0.4) is 0 Å². The summed E-state index contributed by atoms with van der Waals surface area (Å²) in [5, 5.41) is 11.2. The number of aryl methyl sites for hydroxylation is 1. The second kappa shape index (κ2) is 17.0. The zero-order valence-corrected chi connectivity index (χ0v) is 27.6. The third-order valence-corrected chi connectivity index (χ3v) is 7.55. The van der Waals surface area contributed by atoms with E-state index in [4.69, 9.17) is 0 Å². The van der Waals surface area contributed by atoms with Crippen LogP contribution in [-0.2, 0) is 38.6 Å². The van der Waals surface area contributed by atoms with E-state index in [1.54, 1.807) is 12.1 Å². The summed E-state index contributed by atoms with van der Waals surface area (Å²) in [5.41, 5.74) is 4.01. The first kappa shape index (κ1) is 35.5. The molecule has 0 fully saturated rings. The van der Waals surface area contributed by atoms with Crippen molar-refractivity contribution in [1.82, 2.24) is 21.3 Å². The molecule has 8 nitrogen and oxygen atoms in total. The van der Waals surface area contributed by atoms with Gasteiger partial charge in [0.1, 0.15) is 17.9 Å². The molecular weight excluding hydrogens is 607 g/mol. The van der Waals surface area contributed by atoms with Gasteiger partial charge in [-0.3, -0.25) is 19.2 Å². The quantitative estimate of drug-likeness (QED) is 0.149. The maximum Gasteiger partial charge on any atom is 0.243 e. The molecular formula is C39H43FN4O4. The number of benzene rings is 4. The van der Waals surface area contributed by atoms with Gasteiger partial charge in [0.2, 0.25) is 23.6 Å². The van der Waals surface area contributed by atoms with E-state index in [-0.39, 0.29) is 25.8 Å². The third kappa shape index (κ3) is 11.8. The van der Waals surface area contributed by atoms with E-state index in [9.17, 15) is 23.6 Å². The zero-order chi connectivity index (χ0) is 34.5. The van der Waals surface area contributed by atoms with Crippen LogP contribution in [0.25, 0.3) is 11.1 Å². The summed E-state index contributed by atoms with van der Waals surface area (Å²) in [6.45, 7) is 5.65. The Morgan fingerprint density at radius 3 is 1.83 bits per heavy atom. The molecule has 0 heterocycles. The first-order valence-corrected chi connectivity index (χ1v) is 16.1. The fourth-order valence-corrected chi connectivity index (χ4v) is 5.13. The van der Waals surface area contributed by atoms with Crippen LogP contribution in [0.5, 0.6) is 0 Å². The number of carbonyl (C=O) groups excluding carboxylic acids is 4. The van der Waals surface area contributed by atoms with Gasteiger partial charge in [-0.1, -0.05) is 97.1 Å². The number of carbonyl (C=O) groups is 4. The summed E-state index contributed by atoms with van der Waals surface area (Å²) >= 11 is 0. The Morgan fingerprint density at radius 2 is 1.21 bits per heavy atom. The van der Waals surface area contributed by atoms with E-state index in [2.05, 4.69) is 21.3 Å². The minimum absolute atomic E-state index is 0.0632. The Balaban J connectivity index is 1.47. The molecule has 48 heavy (non-hydrogen) atoms. The van der Waals surface area contributed by atoms with Crippen molar-refractivity contribution in [2.24, 2.45) is 0 Å². The highest BCUT2D eigenvalue weighted by molar-refractivity contribution is 5.95. The molecule has 0 aliphatic heterocycles. The van der Waals surface area contributed by atoms with Crippen molar-refractivity contribution in [3.63, 3.8) is 0 Å². The predicted octanol–water partition coefficient (Wildman–Crippen LogP) is 5.26. The van der Waals surface area contributed by atoms with E-state index >= 15 is 0 Å². The van der Waals surface area contributed by atoms with Crippen molar-refractivity contribution in [3.05, 3.63) is 132 Å². The lowest BCUT2D eigenvalue weighted by Gasteiger charge is -2.25. The summed E-state index contributed by atoms with van der Waals surface area (Å²) < 4.78 is 13.6. The van der Waals surface area contributed by atoms with E-state index < -0.39 is 47.1 Å². The Morgan fingerprint density at radius 1 is 0.625 bits per heavy atom. The molecule has 0 aromatic heterocycles. The van der Waals surface area contributed by atoms with Crippen molar-refractivity contribution in [1.29, 1.82) is 0 Å². The van der Waals surface area contributed by atoms with Crippen LogP contribution in [0.1, 0.15) is 50.3 Å². The molecule has 250 valence electrons. The highest BCUT2D eigenvalue weighted by atomic mass is 19.1. The standard InChI is InChI=1S/C39H43FN4O4/c1-39(2,3)44-36(46)25-34(42-35(45)23-18-27-10-6-4-7-11-27)38(48)43-33(24-28-16-21-32(40)22-17-28)37(47)41-26-29-14-19-31(20-15-29)30-12-8-5-9-13-30/h4-17,19-22,33-34H,18,23-26H2,1-3H3,(H,41,47)(H,42,45)(H,43,48)(H,44,46)/t33?,34-/m0/s1. The van der Waals surface area contributed by atoms with Crippen LogP contribution in [0.4, 0.5) is 4.39 Å². The summed E-state index contributed by atoms with van der Waals surface area (Å²) in [6.07, 6.45) is 0.306. The van der Waals surface area contributed by atoms with Gasteiger partial charge in [0.05, 0.1) is 6.42 Å². The average molecular weight is 651 g/mol. The van der Waals surface area contributed by atoms with E-state index in [0.717, 1.165) is 22.3 Å². The number of hydrogen-bond donors (Lipinski definition) is 4. The molecule has 0 aliphatic carbocycles. The largest absolute Gasteiger partial charge is 0.351 e. The fraction of sp³-hybridized carbons (Fsp3) is 0.282. The van der Waals surface area contributed by atoms with Crippen LogP contribution < -0.4 is 21.3 Å². The molecule has 1 unspecified atom stereocenters. The van der Waals surface area contributed by atoms with Crippen LogP contribution in [0.15, 0.2) is 109 Å². The summed E-state index contributed by atoms with van der Waals surface area (Å²) in [5.74, 6) is -2.40. The van der Waals surface area contributed by atoms with E-state index in [0.29, 0.717) is 12.0 Å². The number of amides is 4. The monoisotopic (exact) mass is 650 g/mol. The predicted molar refractivity (Wildman–Crippen MR) is 185 cm³/mol. The van der Waals surface area contributed by atoms with Gasteiger partial charge in [-0.2, -0.15) is 0 Å². The van der Waals surface area contributed by atoms with Gasteiger partial charge < -0.3 is 21.3 Å². The normalized spacial score (nSPS) is 12.3. The smallest absolute Gasteiger partial charge is 0.243 e.